The van der Waals surface area contributed by atoms with Crippen molar-refractivity contribution >= 4 is 21.8 Å². The molecule has 0 aromatic heterocycles. The van der Waals surface area contributed by atoms with Crippen LogP contribution in [-0.2, 0) is 11.2 Å². The van der Waals surface area contributed by atoms with Gasteiger partial charge in [-0.05, 0) is 29.2 Å². The largest absolute Gasteiger partial charge is 0.339 e. The smallest absolute Gasteiger partial charge is 0.264 e. The first-order valence-electron chi connectivity index (χ1n) is 9.75. The molecule has 160 valence electrons. The van der Waals surface area contributed by atoms with E-state index >= 15 is 0 Å². The van der Waals surface area contributed by atoms with Gasteiger partial charge >= 0.3 is 0 Å². The van der Waals surface area contributed by atoms with Crippen molar-refractivity contribution < 1.29 is 13.6 Å². The fourth-order valence-electron chi connectivity index (χ4n) is 3.18. The highest BCUT2D eigenvalue weighted by molar-refractivity contribution is 9.10. The Kier molecular flexibility index (Phi) is 8.51. The van der Waals surface area contributed by atoms with Crippen molar-refractivity contribution in [1.82, 2.24) is 10.6 Å². The Hall–Kier alpha value is -2.30. The van der Waals surface area contributed by atoms with Gasteiger partial charge in [0.15, 0.2) is 0 Å². The Morgan fingerprint density at radius 2 is 1.73 bits per heavy atom. The van der Waals surface area contributed by atoms with E-state index in [0.717, 1.165) is 17.0 Å². The maximum absolute atomic E-state index is 14.4. The van der Waals surface area contributed by atoms with E-state index in [1.54, 1.807) is 38.1 Å². The molecule has 0 aliphatic carbocycles. The maximum Gasteiger partial charge on any atom is 0.264 e. The molecule has 2 aromatic carbocycles. The van der Waals surface area contributed by atoms with Crippen LogP contribution >= 0.6 is 15.9 Å². The molecule has 0 saturated heterocycles. The van der Waals surface area contributed by atoms with Crippen molar-refractivity contribution in [2.24, 2.45) is 5.92 Å². The molecule has 0 saturated carbocycles. The summed E-state index contributed by atoms with van der Waals surface area (Å²) < 4.78 is 29.6. The van der Waals surface area contributed by atoms with Crippen molar-refractivity contribution in [3.8, 4) is 6.07 Å². The summed E-state index contributed by atoms with van der Waals surface area (Å²) in [6, 6.07) is 15.0. The standard InChI is InChI=1S/C23H26BrF2N3O/c1-15(2)20(22(30)28-19(14-27)13-16-7-5-4-6-8-16)29-21(23(3,25)26)17-9-11-18(24)12-10-17/h4-12,15,19-21,29H,13H2,1-3H3,(H,28,30)/t19-,20-,21-/m0/s1. The van der Waals surface area contributed by atoms with Crippen LogP contribution in [-0.4, -0.2) is 23.9 Å². The highest BCUT2D eigenvalue weighted by Gasteiger charge is 2.39. The van der Waals surface area contributed by atoms with Gasteiger partial charge in [0.2, 0.25) is 5.91 Å². The van der Waals surface area contributed by atoms with E-state index < -0.39 is 30.0 Å². The topological polar surface area (TPSA) is 64.9 Å². The molecule has 0 aliphatic heterocycles. The van der Waals surface area contributed by atoms with Crippen molar-refractivity contribution in [2.45, 2.75) is 51.2 Å². The first-order valence-corrected chi connectivity index (χ1v) is 10.5. The summed E-state index contributed by atoms with van der Waals surface area (Å²) in [6.45, 7) is 4.39. The third-order valence-electron chi connectivity index (χ3n) is 4.76. The fraction of sp³-hybridized carbons (Fsp3) is 0.391. The third-order valence-corrected chi connectivity index (χ3v) is 5.29. The number of hydrogen-bond acceptors (Lipinski definition) is 3. The van der Waals surface area contributed by atoms with E-state index in [9.17, 15) is 18.8 Å². The average molecular weight is 478 g/mol. The second-order valence-electron chi connectivity index (χ2n) is 7.71. The molecule has 1 amide bonds. The highest BCUT2D eigenvalue weighted by Crippen LogP contribution is 2.32. The number of carbonyl (C=O) groups is 1. The zero-order valence-electron chi connectivity index (χ0n) is 17.2. The van der Waals surface area contributed by atoms with Gasteiger partial charge in [-0.1, -0.05) is 72.2 Å². The number of nitrogens with one attached hydrogen (secondary N) is 2. The fourth-order valence-corrected chi connectivity index (χ4v) is 3.45. The minimum absolute atomic E-state index is 0.263. The first-order chi connectivity index (χ1) is 14.1. The Balaban J connectivity index is 2.18. The molecule has 0 bridgehead atoms. The summed E-state index contributed by atoms with van der Waals surface area (Å²) >= 11 is 3.30. The SMILES string of the molecule is CC(C)[C@H](N[C@@H](c1ccc(Br)cc1)C(C)(F)F)C(=O)N[C@H](C#N)Cc1ccccc1. The van der Waals surface area contributed by atoms with Gasteiger partial charge in [-0.25, -0.2) is 8.78 Å². The maximum atomic E-state index is 14.4. The number of halogens is 3. The third kappa shape index (κ3) is 6.89. The summed E-state index contributed by atoms with van der Waals surface area (Å²) in [5, 5.41) is 15.0. The van der Waals surface area contributed by atoms with Crippen LogP contribution in [0.4, 0.5) is 8.78 Å². The second-order valence-corrected chi connectivity index (χ2v) is 8.62. The molecule has 4 nitrogen and oxygen atoms in total. The van der Waals surface area contributed by atoms with Crippen LogP contribution in [0.3, 0.4) is 0 Å². The number of benzene rings is 2. The number of carbonyl (C=O) groups excluding carboxylic acids is 1. The van der Waals surface area contributed by atoms with Gasteiger partial charge in [0.25, 0.3) is 5.92 Å². The summed E-state index contributed by atoms with van der Waals surface area (Å²) in [4.78, 5) is 12.9. The van der Waals surface area contributed by atoms with Crippen LogP contribution in [0.15, 0.2) is 59.1 Å². The van der Waals surface area contributed by atoms with Gasteiger partial charge in [-0.3, -0.25) is 10.1 Å². The minimum Gasteiger partial charge on any atom is -0.339 e. The summed E-state index contributed by atoms with van der Waals surface area (Å²) in [7, 11) is 0. The van der Waals surface area contributed by atoms with E-state index in [1.807, 2.05) is 30.3 Å². The lowest BCUT2D eigenvalue weighted by molar-refractivity contribution is -0.125. The van der Waals surface area contributed by atoms with E-state index in [4.69, 9.17) is 0 Å². The molecule has 2 aromatic rings. The molecule has 0 spiro atoms. The van der Waals surface area contributed by atoms with E-state index in [2.05, 4.69) is 32.6 Å². The van der Waals surface area contributed by atoms with Gasteiger partial charge in [0.05, 0.1) is 18.2 Å². The van der Waals surface area contributed by atoms with Crippen LogP contribution in [0.2, 0.25) is 0 Å². The minimum atomic E-state index is -3.10. The Bertz CT molecular complexity index is 861. The van der Waals surface area contributed by atoms with Crippen LogP contribution in [0.25, 0.3) is 0 Å². The van der Waals surface area contributed by atoms with Crippen LogP contribution in [0, 0.1) is 17.2 Å². The Morgan fingerprint density at radius 1 is 1.13 bits per heavy atom. The average Bonchev–Trinajstić information content (AvgIpc) is 2.68. The molecule has 0 aliphatic rings. The number of alkyl halides is 2. The van der Waals surface area contributed by atoms with Crippen LogP contribution < -0.4 is 10.6 Å². The molecule has 0 unspecified atom stereocenters. The zero-order valence-corrected chi connectivity index (χ0v) is 18.8. The van der Waals surface area contributed by atoms with Gasteiger partial charge in [0.1, 0.15) is 6.04 Å². The van der Waals surface area contributed by atoms with E-state index in [0.29, 0.717) is 12.0 Å². The predicted octanol–water partition coefficient (Wildman–Crippen LogP) is 5.01. The molecule has 3 atom stereocenters. The predicted molar refractivity (Wildman–Crippen MR) is 117 cm³/mol. The van der Waals surface area contributed by atoms with Gasteiger partial charge in [-0.15, -0.1) is 0 Å². The quantitative estimate of drug-likeness (QED) is 0.533. The van der Waals surface area contributed by atoms with Crippen LogP contribution in [0.5, 0.6) is 0 Å². The molecule has 0 radical (unpaired) electrons. The summed E-state index contributed by atoms with van der Waals surface area (Å²) in [5.41, 5.74) is 1.29. The number of nitriles is 1. The van der Waals surface area contributed by atoms with E-state index in [-0.39, 0.29) is 5.92 Å². The van der Waals surface area contributed by atoms with E-state index in [1.165, 1.54) is 0 Å². The Labute approximate surface area is 184 Å². The lowest BCUT2D eigenvalue weighted by Crippen LogP contribution is -2.53. The van der Waals surface area contributed by atoms with Gasteiger partial charge < -0.3 is 5.32 Å². The van der Waals surface area contributed by atoms with Crippen molar-refractivity contribution in [2.75, 3.05) is 0 Å². The highest BCUT2D eigenvalue weighted by atomic mass is 79.9. The lowest BCUT2D eigenvalue weighted by Gasteiger charge is -2.32. The number of hydrogen-bond donors (Lipinski definition) is 2. The molecule has 2 rings (SSSR count). The zero-order chi connectivity index (χ0) is 22.3. The van der Waals surface area contributed by atoms with Crippen LogP contribution in [0.1, 0.15) is 37.9 Å². The molecule has 7 heteroatoms. The number of amides is 1. The molecular weight excluding hydrogens is 452 g/mol. The van der Waals surface area contributed by atoms with Gasteiger partial charge in [-0.2, -0.15) is 5.26 Å². The summed E-state index contributed by atoms with van der Waals surface area (Å²) in [5.74, 6) is -3.83. The molecule has 30 heavy (non-hydrogen) atoms. The lowest BCUT2D eigenvalue weighted by atomic mass is 9.96. The van der Waals surface area contributed by atoms with Crippen molar-refractivity contribution in [3.05, 3.63) is 70.2 Å². The number of nitrogens with zero attached hydrogens (tertiary/aromatic N) is 1. The Morgan fingerprint density at radius 3 is 2.23 bits per heavy atom. The van der Waals surface area contributed by atoms with Crippen molar-refractivity contribution in [1.29, 1.82) is 5.26 Å². The first kappa shape index (κ1) is 24.0. The number of rotatable bonds is 9. The monoisotopic (exact) mass is 477 g/mol. The normalized spacial score (nSPS) is 14.6. The summed E-state index contributed by atoms with van der Waals surface area (Å²) in [6.07, 6.45) is 0.341. The molecule has 2 N–H and O–H groups in total. The molecular formula is C23H26BrF2N3O. The second kappa shape index (κ2) is 10.6. The van der Waals surface area contributed by atoms with Gasteiger partial charge in [0, 0.05) is 17.8 Å². The molecule has 0 heterocycles. The molecule has 0 fully saturated rings. The van der Waals surface area contributed by atoms with Crippen molar-refractivity contribution in [3.63, 3.8) is 0 Å².